The molecule has 5 heteroatoms. The molecule has 25 heavy (non-hydrogen) atoms. The second kappa shape index (κ2) is 8.45. The third kappa shape index (κ3) is 5.03. The maximum atomic E-state index is 13.1. The molecule has 1 fully saturated rings. The highest BCUT2D eigenvalue weighted by Gasteiger charge is 2.25. The standard InChI is InChI=1S/C20H22ClFN2O/c21-19-12-18(22)7-6-17(19)14-24-10-8-16(9-11-24)20(25)23-13-15-4-2-1-3-5-15/h1-7,12,16H,8-11,13-14H2,(H,23,25). The summed E-state index contributed by atoms with van der Waals surface area (Å²) in [5.41, 5.74) is 2.04. The highest BCUT2D eigenvalue weighted by molar-refractivity contribution is 6.31. The summed E-state index contributed by atoms with van der Waals surface area (Å²) in [5, 5.41) is 3.49. The molecule has 0 unspecified atom stereocenters. The third-order valence-electron chi connectivity index (χ3n) is 4.68. The summed E-state index contributed by atoms with van der Waals surface area (Å²) in [7, 11) is 0. The summed E-state index contributed by atoms with van der Waals surface area (Å²) in [5.74, 6) is -0.130. The molecule has 1 aliphatic heterocycles. The molecule has 0 saturated carbocycles. The maximum Gasteiger partial charge on any atom is 0.223 e. The Morgan fingerprint density at radius 2 is 1.88 bits per heavy atom. The topological polar surface area (TPSA) is 32.3 Å². The van der Waals surface area contributed by atoms with E-state index in [0.29, 0.717) is 18.1 Å². The van der Waals surface area contributed by atoms with Gasteiger partial charge in [-0.15, -0.1) is 0 Å². The van der Waals surface area contributed by atoms with Crippen LogP contribution in [0.1, 0.15) is 24.0 Å². The fourth-order valence-corrected chi connectivity index (χ4v) is 3.40. The maximum absolute atomic E-state index is 13.1. The number of hydrogen-bond donors (Lipinski definition) is 1. The number of likely N-dealkylation sites (tertiary alicyclic amines) is 1. The van der Waals surface area contributed by atoms with Crippen LogP contribution < -0.4 is 5.32 Å². The average Bonchev–Trinajstić information content (AvgIpc) is 2.63. The molecule has 1 amide bonds. The molecule has 3 nitrogen and oxygen atoms in total. The largest absolute Gasteiger partial charge is 0.352 e. The van der Waals surface area contributed by atoms with E-state index >= 15 is 0 Å². The normalized spacial score (nSPS) is 15.9. The lowest BCUT2D eigenvalue weighted by Crippen LogP contribution is -2.40. The lowest BCUT2D eigenvalue weighted by molar-refractivity contribution is -0.126. The fraction of sp³-hybridized carbons (Fsp3) is 0.350. The van der Waals surface area contributed by atoms with E-state index in [1.165, 1.54) is 12.1 Å². The van der Waals surface area contributed by atoms with Crippen molar-refractivity contribution < 1.29 is 9.18 Å². The first kappa shape index (κ1) is 17.9. The summed E-state index contributed by atoms with van der Waals surface area (Å²) in [6, 6.07) is 14.4. The van der Waals surface area contributed by atoms with Gasteiger partial charge in [0.2, 0.25) is 5.91 Å². The van der Waals surface area contributed by atoms with Crippen LogP contribution in [0.2, 0.25) is 5.02 Å². The van der Waals surface area contributed by atoms with Crippen molar-refractivity contribution in [3.05, 3.63) is 70.5 Å². The van der Waals surface area contributed by atoms with Crippen LogP contribution >= 0.6 is 11.6 Å². The molecule has 0 aromatic heterocycles. The molecular formula is C20H22ClFN2O. The Morgan fingerprint density at radius 3 is 2.56 bits per heavy atom. The predicted molar refractivity (Wildman–Crippen MR) is 97.7 cm³/mol. The average molecular weight is 361 g/mol. The molecular weight excluding hydrogens is 339 g/mol. The van der Waals surface area contributed by atoms with E-state index in [2.05, 4.69) is 10.2 Å². The van der Waals surface area contributed by atoms with E-state index in [-0.39, 0.29) is 17.6 Å². The molecule has 0 atom stereocenters. The molecule has 132 valence electrons. The van der Waals surface area contributed by atoms with Gasteiger partial charge >= 0.3 is 0 Å². The molecule has 0 aliphatic carbocycles. The summed E-state index contributed by atoms with van der Waals surface area (Å²) in [4.78, 5) is 14.6. The van der Waals surface area contributed by atoms with Gasteiger partial charge in [-0.1, -0.05) is 48.0 Å². The fourth-order valence-electron chi connectivity index (χ4n) is 3.17. The highest BCUT2D eigenvalue weighted by atomic mass is 35.5. The van der Waals surface area contributed by atoms with Gasteiger partial charge in [-0.25, -0.2) is 4.39 Å². The van der Waals surface area contributed by atoms with Gasteiger partial charge in [-0.05, 0) is 49.2 Å². The molecule has 0 radical (unpaired) electrons. The molecule has 1 aliphatic rings. The van der Waals surface area contributed by atoms with Crippen molar-refractivity contribution in [2.75, 3.05) is 13.1 Å². The number of amides is 1. The number of halogens is 2. The molecule has 2 aromatic rings. The van der Waals surface area contributed by atoms with E-state index in [4.69, 9.17) is 11.6 Å². The van der Waals surface area contributed by atoms with Gasteiger partial charge in [0, 0.05) is 24.0 Å². The summed E-state index contributed by atoms with van der Waals surface area (Å²) < 4.78 is 13.1. The van der Waals surface area contributed by atoms with Gasteiger partial charge in [0.25, 0.3) is 0 Å². The second-order valence-corrected chi connectivity index (χ2v) is 6.90. The molecule has 3 rings (SSSR count). The van der Waals surface area contributed by atoms with Crippen molar-refractivity contribution in [1.29, 1.82) is 0 Å². The quantitative estimate of drug-likeness (QED) is 0.873. The monoisotopic (exact) mass is 360 g/mol. The van der Waals surface area contributed by atoms with E-state index in [0.717, 1.165) is 37.1 Å². The van der Waals surface area contributed by atoms with E-state index in [1.54, 1.807) is 6.07 Å². The second-order valence-electron chi connectivity index (χ2n) is 6.49. The number of carbonyl (C=O) groups is 1. The van der Waals surface area contributed by atoms with Gasteiger partial charge in [-0.2, -0.15) is 0 Å². The third-order valence-corrected chi connectivity index (χ3v) is 5.03. The van der Waals surface area contributed by atoms with Gasteiger partial charge in [0.05, 0.1) is 0 Å². The summed E-state index contributed by atoms with van der Waals surface area (Å²) in [6.07, 6.45) is 1.67. The van der Waals surface area contributed by atoms with E-state index in [9.17, 15) is 9.18 Å². The summed E-state index contributed by atoms with van der Waals surface area (Å²) >= 11 is 6.10. The minimum absolute atomic E-state index is 0.0589. The van der Waals surface area contributed by atoms with Gasteiger partial charge < -0.3 is 5.32 Å². The zero-order chi connectivity index (χ0) is 17.6. The van der Waals surface area contributed by atoms with Crippen LogP contribution in [-0.2, 0) is 17.9 Å². The smallest absolute Gasteiger partial charge is 0.223 e. The van der Waals surface area contributed by atoms with Crippen molar-refractivity contribution in [1.82, 2.24) is 10.2 Å². The van der Waals surface area contributed by atoms with Crippen LogP contribution in [0.25, 0.3) is 0 Å². The summed E-state index contributed by atoms with van der Waals surface area (Å²) in [6.45, 7) is 2.96. The van der Waals surface area contributed by atoms with Crippen molar-refractivity contribution >= 4 is 17.5 Å². The molecule has 0 spiro atoms. The van der Waals surface area contributed by atoms with Gasteiger partial charge in [-0.3, -0.25) is 9.69 Å². The van der Waals surface area contributed by atoms with Crippen molar-refractivity contribution in [2.45, 2.75) is 25.9 Å². The number of carbonyl (C=O) groups excluding carboxylic acids is 1. The first-order valence-corrected chi connectivity index (χ1v) is 8.97. The van der Waals surface area contributed by atoms with Crippen LogP contribution in [0.5, 0.6) is 0 Å². The minimum atomic E-state index is -0.317. The minimum Gasteiger partial charge on any atom is -0.352 e. The molecule has 1 heterocycles. The number of nitrogens with zero attached hydrogens (tertiary/aromatic N) is 1. The Labute approximate surface area is 152 Å². The van der Waals surface area contributed by atoms with E-state index in [1.807, 2.05) is 30.3 Å². The first-order valence-electron chi connectivity index (χ1n) is 8.60. The van der Waals surface area contributed by atoms with Crippen molar-refractivity contribution in [2.24, 2.45) is 5.92 Å². The van der Waals surface area contributed by atoms with Crippen LogP contribution in [0.15, 0.2) is 48.5 Å². The van der Waals surface area contributed by atoms with Crippen molar-refractivity contribution in [3.8, 4) is 0 Å². The van der Waals surface area contributed by atoms with Crippen LogP contribution in [0.3, 0.4) is 0 Å². The Morgan fingerprint density at radius 1 is 1.16 bits per heavy atom. The van der Waals surface area contributed by atoms with Gasteiger partial charge in [0.15, 0.2) is 0 Å². The van der Waals surface area contributed by atoms with E-state index < -0.39 is 0 Å². The Kier molecular flexibility index (Phi) is 6.05. The number of nitrogens with one attached hydrogen (secondary N) is 1. The van der Waals surface area contributed by atoms with Crippen molar-refractivity contribution in [3.63, 3.8) is 0 Å². The number of benzene rings is 2. The molecule has 1 saturated heterocycles. The molecule has 2 aromatic carbocycles. The first-order chi connectivity index (χ1) is 12.1. The Hall–Kier alpha value is -1.91. The Balaban J connectivity index is 1.45. The molecule has 1 N–H and O–H groups in total. The number of rotatable bonds is 5. The molecule has 0 bridgehead atoms. The lowest BCUT2D eigenvalue weighted by atomic mass is 9.95. The predicted octanol–water partition coefficient (Wildman–Crippen LogP) is 4.01. The number of hydrogen-bond acceptors (Lipinski definition) is 2. The highest BCUT2D eigenvalue weighted by Crippen LogP contribution is 2.23. The SMILES string of the molecule is O=C(NCc1ccccc1)C1CCN(Cc2ccc(F)cc2Cl)CC1. The van der Waals surface area contributed by atoms with Crippen LogP contribution in [-0.4, -0.2) is 23.9 Å². The lowest BCUT2D eigenvalue weighted by Gasteiger charge is -2.31. The zero-order valence-electron chi connectivity index (χ0n) is 14.1. The number of piperidine rings is 1. The van der Waals surface area contributed by atoms with Gasteiger partial charge in [0.1, 0.15) is 5.82 Å². The zero-order valence-corrected chi connectivity index (χ0v) is 14.8. The van der Waals surface area contributed by atoms with Crippen LogP contribution in [0, 0.1) is 11.7 Å². The Bertz CT molecular complexity index is 715. The van der Waals surface area contributed by atoms with Crippen LogP contribution in [0.4, 0.5) is 4.39 Å².